The Kier molecular flexibility index (Phi) is 4.58. The average Bonchev–Trinajstić information content (AvgIpc) is 3.04. The first-order valence-electron chi connectivity index (χ1n) is 7.18. The van der Waals surface area contributed by atoms with Gasteiger partial charge in [0.1, 0.15) is 6.04 Å². The van der Waals surface area contributed by atoms with Crippen molar-refractivity contribution in [1.82, 2.24) is 20.0 Å². The van der Waals surface area contributed by atoms with Gasteiger partial charge in [0.05, 0.1) is 10.7 Å². The van der Waals surface area contributed by atoms with Gasteiger partial charge in [0.15, 0.2) is 5.69 Å². The molecule has 0 aliphatic carbocycles. The second-order valence-corrected chi connectivity index (χ2v) is 5.61. The van der Waals surface area contributed by atoms with E-state index in [1.54, 1.807) is 30.5 Å². The molecular formula is C15H15ClF2N4O. The first kappa shape index (κ1) is 15.9. The third-order valence-electron chi connectivity index (χ3n) is 3.74. The van der Waals surface area contributed by atoms with E-state index in [4.69, 9.17) is 11.6 Å². The van der Waals surface area contributed by atoms with Gasteiger partial charge in [0.25, 0.3) is 12.3 Å². The summed E-state index contributed by atoms with van der Waals surface area (Å²) in [4.78, 5) is 13.7. The molecule has 2 aromatic rings. The summed E-state index contributed by atoms with van der Waals surface area (Å²) in [6.07, 6.45) is -1.01. The fraction of sp³-hybridized carbons (Fsp3) is 0.333. The second-order valence-electron chi connectivity index (χ2n) is 5.20. The molecule has 8 heteroatoms. The molecule has 1 atom stereocenters. The van der Waals surface area contributed by atoms with E-state index < -0.39 is 18.4 Å². The van der Waals surface area contributed by atoms with Crippen LogP contribution in [0.25, 0.3) is 5.69 Å². The topological polar surface area (TPSA) is 50.2 Å². The van der Waals surface area contributed by atoms with Gasteiger partial charge in [0, 0.05) is 25.8 Å². The summed E-state index contributed by atoms with van der Waals surface area (Å²) in [6, 6.07) is 7.43. The first-order valence-corrected chi connectivity index (χ1v) is 7.56. The third-order valence-corrected chi connectivity index (χ3v) is 4.06. The highest BCUT2D eigenvalue weighted by atomic mass is 35.5. The van der Waals surface area contributed by atoms with Crippen molar-refractivity contribution in [2.75, 3.05) is 19.6 Å². The molecule has 1 amide bonds. The number of hydrogen-bond acceptors (Lipinski definition) is 3. The number of carbonyl (C=O) groups is 1. The smallest absolute Gasteiger partial charge is 0.274 e. The van der Waals surface area contributed by atoms with Gasteiger partial charge >= 0.3 is 0 Å². The molecule has 1 fully saturated rings. The van der Waals surface area contributed by atoms with Gasteiger partial charge in [-0.25, -0.2) is 13.5 Å². The highest BCUT2D eigenvalue weighted by molar-refractivity contribution is 6.32. The van der Waals surface area contributed by atoms with Crippen molar-refractivity contribution in [2.45, 2.75) is 12.5 Å². The molecule has 0 spiro atoms. The lowest BCUT2D eigenvalue weighted by Crippen LogP contribution is -2.56. The number of alkyl halides is 2. The van der Waals surface area contributed by atoms with Gasteiger partial charge in [0.2, 0.25) is 0 Å². The molecule has 1 aliphatic rings. The first-order chi connectivity index (χ1) is 11.1. The number of para-hydroxylation sites is 1. The molecule has 1 aliphatic heterocycles. The van der Waals surface area contributed by atoms with Crippen LogP contribution in [0, 0.1) is 0 Å². The molecule has 122 valence electrons. The predicted molar refractivity (Wildman–Crippen MR) is 82.3 cm³/mol. The van der Waals surface area contributed by atoms with Gasteiger partial charge in [-0.15, -0.1) is 0 Å². The second kappa shape index (κ2) is 6.64. The maximum Gasteiger partial charge on any atom is 0.274 e. The van der Waals surface area contributed by atoms with E-state index in [1.807, 2.05) is 0 Å². The Hall–Kier alpha value is -1.99. The Morgan fingerprint density at radius 3 is 2.87 bits per heavy atom. The van der Waals surface area contributed by atoms with E-state index in [0.29, 0.717) is 17.3 Å². The van der Waals surface area contributed by atoms with Crippen LogP contribution in [0.5, 0.6) is 0 Å². The Morgan fingerprint density at radius 2 is 2.13 bits per heavy atom. The number of carbonyl (C=O) groups excluding carboxylic acids is 1. The largest absolute Gasteiger partial charge is 0.326 e. The SMILES string of the molecule is O=C(c1ccn(-c2ccccc2Cl)n1)N1CCNCC1C(F)F. The monoisotopic (exact) mass is 340 g/mol. The van der Waals surface area contributed by atoms with Crippen LogP contribution in [0.4, 0.5) is 8.78 Å². The maximum absolute atomic E-state index is 13.1. The van der Waals surface area contributed by atoms with E-state index in [-0.39, 0.29) is 18.8 Å². The van der Waals surface area contributed by atoms with Crippen molar-refractivity contribution in [3.8, 4) is 5.69 Å². The van der Waals surface area contributed by atoms with E-state index in [2.05, 4.69) is 10.4 Å². The number of aromatic nitrogens is 2. The van der Waals surface area contributed by atoms with Crippen molar-refractivity contribution in [3.63, 3.8) is 0 Å². The number of rotatable bonds is 3. The minimum atomic E-state index is -2.60. The van der Waals surface area contributed by atoms with Crippen LogP contribution >= 0.6 is 11.6 Å². The number of halogens is 3. The van der Waals surface area contributed by atoms with Crippen LogP contribution in [0.15, 0.2) is 36.5 Å². The lowest BCUT2D eigenvalue weighted by atomic mass is 10.2. The fourth-order valence-corrected chi connectivity index (χ4v) is 2.78. The Bertz CT molecular complexity index is 706. The minimum Gasteiger partial charge on any atom is -0.326 e. The average molecular weight is 341 g/mol. The third kappa shape index (κ3) is 3.20. The minimum absolute atomic E-state index is 0.0780. The zero-order valence-corrected chi connectivity index (χ0v) is 12.9. The molecule has 3 rings (SSSR count). The number of piperazine rings is 1. The number of nitrogens with zero attached hydrogens (tertiary/aromatic N) is 3. The molecule has 0 radical (unpaired) electrons. The van der Waals surface area contributed by atoms with Gasteiger partial charge in [-0.1, -0.05) is 23.7 Å². The number of nitrogens with one attached hydrogen (secondary N) is 1. The summed E-state index contributed by atoms with van der Waals surface area (Å²) < 4.78 is 27.7. The molecule has 5 nitrogen and oxygen atoms in total. The van der Waals surface area contributed by atoms with Crippen LogP contribution in [0.3, 0.4) is 0 Å². The molecule has 2 heterocycles. The summed E-state index contributed by atoms with van der Waals surface area (Å²) in [5.41, 5.74) is 0.747. The van der Waals surface area contributed by atoms with Crippen LogP contribution in [-0.2, 0) is 0 Å². The molecule has 0 bridgehead atoms. The summed E-state index contributed by atoms with van der Waals surface area (Å²) in [5.74, 6) is -0.498. The van der Waals surface area contributed by atoms with E-state index >= 15 is 0 Å². The normalized spacial score (nSPS) is 18.4. The fourth-order valence-electron chi connectivity index (χ4n) is 2.56. The Labute approximate surface area is 136 Å². The predicted octanol–water partition coefficient (Wildman–Crippen LogP) is 2.20. The van der Waals surface area contributed by atoms with E-state index in [1.165, 1.54) is 15.6 Å². The lowest BCUT2D eigenvalue weighted by molar-refractivity contribution is 0.0123. The van der Waals surface area contributed by atoms with Crippen LogP contribution < -0.4 is 5.32 Å². The molecule has 1 saturated heterocycles. The summed E-state index contributed by atoms with van der Waals surface area (Å²) >= 11 is 6.10. The van der Waals surface area contributed by atoms with Gasteiger partial charge in [-0.05, 0) is 18.2 Å². The van der Waals surface area contributed by atoms with Crippen LogP contribution in [-0.4, -0.2) is 52.7 Å². The Morgan fingerprint density at radius 1 is 1.35 bits per heavy atom. The quantitative estimate of drug-likeness (QED) is 0.932. The summed E-state index contributed by atoms with van der Waals surface area (Å²) in [7, 11) is 0. The van der Waals surface area contributed by atoms with Gasteiger partial charge < -0.3 is 10.2 Å². The molecule has 1 N–H and O–H groups in total. The van der Waals surface area contributed by atoms with E-state index in [9.17, 15) is 13.6 Å². The summed E-state index contributed by atoms with van der Waals surface area (Å²) in [6.45, 7) is 0.793. The molecule has 1 unspecified atom stereocenters. The van der Waals surface area contributed by atoms with E-state index in [0.717, 1.165) is 0 Å². The van der Waals surface area contributed by atoms with Crippen molar-refractivity contribution in [2.24, 2.45) is 0 Å². The van der Waals surface area contributed by atoms with Crippen molar-refractivity contribution in [1.29, 1.82) is 0 Å². The molecule has 1 aromatic carbocycles. The highest BCUT2D eigenvalue weighted by Gasteiger charge is 2.34. The molecule has 1 aromatic heterocycles. The molecule has 0 saturated carbocycles. The van der Waals surface area contributed by atoms with Crippen LogP contribution in [0.1, 0.15) is 10.5 Å². The number of hydrogen-bond donors (Lipinski definition) is 1. The van der Waals surface area contributed by atoms with Gasteiger partial charge in [-0.2, -0.15) is 5.10 Å². The molecule has 23 heavy (non-hydrogen) atoms. The molecular weight excluding hydrogens is 326 g/mol. The highest BCUT2D eigenvalue weighted by Crippen LogP contribution is 2.20. The van der Waals surface area contributed by atoms with Gasteiger partial charge in [-0.3, -0.25) is 4.79 Å². The van der Waals surface area contributed by atoms with Crippen molar-refractivity contribution in [3.05, 3.63) is 47.2 Å². The lowest BCUT2D eigenvalue weighted by Gasteiger charge is -2.35. The van der Waals surface area contributed by atoms with Crippen molar-refractivity contribution >= 4 is 17.5 Å². The standard InChI is InChI=1S/C15H15ClF2N4O/c16-10-3-1-2-4-12(10)22-7-5-11(20-22)15(23)21-8-6-19-9-13(21)14(17)18/h1-5,7,13-14,19H,6,8-9H2. The number of benzene rings is 1. The Balaban J connectivity index is 1.85. The number of amides is 1. The van der Waals surface area contributed by atoms with Crippen molar-refractivity contribution < 1.29 is 13.6 Å². The zero-order valence-electron chi connectivity index (χ0n) is 12.1. The maximum atomic E-state index is 13.1. The zero-order chi connectivity index (χ0) is 16.4. The summed E-state index contributed by atoms with van der Waals surface area (Å²) in [5, 5.41) is 7.55. The van der Waals surface area contributed by atoms with Crippen LogP contribution in [0.2, 0.25) is 5.02 Å².